The van der Waals surface area contributed by atoms with Crippen molar-refractivity contribution in [1.82, 2.24) is 0 Å². The highest BCUT2D eigenvalue weighted by Gasteiger charge is 2.40. The van der Waals surface area contributed by atoms with Crippen LogP contribution in [0.15, 0.2) is 22.7 Å². The number of aliphatic hydroxyl groups is 1. The number of hydrogen-bond acceptors (Lipinski definition) is 1. The third kappa shape index (κ3) is 1.94. The van der Waals surface area contributed by atoms with Gasteiger partial charge in [-0.3, -0.25) is 0 Å². The van der Waals surface area contributed by atoms with E-state index in [-0.39, 0.29) is 0 Å². The van der Waals surface area contributed by atoms with E-state index in [0.29, 0.717) is 0 Å². The Morgan fingerprint density at radius 2 is 2.15 bits per heavy atom. The van der Waals surface area contributed by atoms with Gasteiger partial charge in [0.2, 0.25) is 0 Å². The Morgan fingerprint density at radius 1 is 1.46 bits per heavy atom. The molecule has 0 saturated heterocycles. The van der Waals surface area contributed by atoms with Crippen molar-refractivity contribution in [2.24, 2.45) is 0 Å². The van der Waals surface area contributed by atoms with Crippen molar-refractivity contribution in [3.05, 3.63) is 33.8 Å². The van der Waals surface area contributed by atoms with Crippen molar-refractivity contribution < 1.29 is 5.11 Å². The predicted octanol–water partition coefficient (Wildman–Crippen LogP) is 2.82. The van der Waals surface area contributed by atoms with Gasteiger partial charge in [0.1, 0.15) is 0 Å². The summed E-state index contributed by atoms with van der Waals surface area (Å²) >= 11 is 3.55. The fraction of sp³-hybridized carbons (Fsp3) is 0.455. The fourth-order valence-electron chi connectivity index (χ4n) is 1.52. The van der Waals surface area contributed by atoms with Crippen LogP contribution >= 0.6 is 15.9 Å². The van der Waals surface area contributed by atoms with E-state index in [1.54, 1.807) is 0 Å². The highest BCUT2D eigenvalue weighted by molar-refractivity contribution is 9.10. The molecule has 1 nitrogen and oxygen atoms in total. The summed E-state index contributed by atoms with van der Waals surface area (Å²) in [6.07, 6.45) is 2.69. The number of benzene rings is 1. The minimum absolute atomic E-state index is 0.393. The van der Waals surface area contributed by atoms with Crippen LogP contribution in [0.5, 0.6) is 0 Å². The Hall–Kier alpha value is -0.340. The largest absolute Gasteiger partial charge is 0.390 e. The average molecular weight is 241 g/mol. The van der Waals surface area contributed by atoms with Gasteiger partial charge in [-0.05, 0) is 30.9 Å². The van der Waals surface area contributed by atoms with Crippen LogP contribution in [0.25, 0.3) is 0 Å². The zero-order chi connectivity index (χ0) is 9.47. The number of hydrogen-bond donors (Lipinski definition) is 1. The Bertz CT molecular complexity index is 329. The molecule has 0 heterocycles. The molecule has 1 fully saturated rings. The molecule has 1 aromatic carbocycles. The molecule has 0 spiro atoms. The molecule has 1 N–H and O–H groups in total. The number of aryl methyl sites for hydroxylation is 1. The van der Waals surface area contributed by atoms with Crippen LogP contribution in [0.1, 0.15) is 24.0 Å². The topological polar surface area (TPSA) is 20.2 Å². The molecule has 2 heteroatoms. The normalized spacial score (nSPS) is 18.7. The first-order valence-corrected chi connectivity index (χ1v) is 5.36. The third-order valence-corrected chi connectivity index (χ3v) is 3.75. The summed E-state index contributed by atoms with van der Waals surface area (Å²) < 4.78 is 1.15. The van der Waals surface area contributed by atoms with Crippen LogP contribution in [-0.2, 0) is 6.42 Å². The van der Waals surface area contributed by atoms with E-state index in [0.717, 1.165) is 23.7 Å². The molecule has 1 aromatic rings. The molecule has 0 aromatic heterocycles. The SMILES string of the molecule is Cc1cccc(CC2(O)CC2)c1Br. The monoisotopic (exact) mass is 240 g/mol. The smallest absolute Gasteiger partial charge is 0.0690 e. The molecular weight excluding hydrogens is 228 g/mol. The molecule has 0 atom stereocenters. The average Bonchev–Trinajstić information content (AvgIpc) is 2.78. The van der Waals surface area contributed by atoms with Crippen molar-refractivity contribution in [1.29, 1.82) is 0 Å². The van der Waals surface area contributed by atoms with Gasteiger partial charge in [-0.15, -0.1) is 0 Å². The molecule has 0 unspecified atom stereocenters. The Balaban J connectivity index is 2.25. The van der Waals surface area contributed by atoms with Gasteiger partial charge in [0.15, 0.2) is 0 Å². The van der Waals surface area contributed by atoms with Crippen molar-refractivity contribution in [3.8, 4) is 0 Å². The second-order valence-electron chi connectivity index (χ2n) is 3.95. The molecule has 13 heavy (non-hydrogen) atoms. The molecule has 70 valence electrons. The quantitative estimate of drug-likeness (QED) is 0.844. The first kappa shape index (κ1) is 9.22. The number of rotatable bonds is 2. The summed E-state index contributed by atoms with van der Waals surface area (Å²) in [7, 11) is 0. The van der Waals surface area contributed by atoms with Crippen LogP contribution < -0.4 is 0 Å². The van der Waals surface area contributed by atoms with E-state index in [2.05, 4.69) is 35.0 Å². The predicted molar refractivity (Wildman–Crippen MR) is 56.8 cm³/mol. The van der Waals surface area contributed by atoms with Gasteiger partial charge in [-0.2, -0.15) is 0 Å². The molecule has 1 aliphatic rings. The van der Waals surface area contributed by atoms with Gasteiger partial charge in [0.05, 0.1) is 5.60 Å². The van der Waals surface area contributed by atoms with Crippen molar-refractivity contribution in [3.63, 3.8) is 0 Å². The highest BCUT2D eigenvalue weighted by Crippen LogP contribution is 2.39. The fourth-order valence-corrected chi connectivity index (χ4v) is 1.92. The summed E-state index contributed by atoms with van der Waals surface area (Å²) in [5.74, 6) is 0. The molecule has 1 saturated carbocycles. The Morgan fingerprint density at radius 3 is 2.77 bits per heavy atom. The molecule has 0 radical (unpaired) electrons. The van der Waals surface area contributed by atoms with E-state index in [9.17, 15) is 5.11 Å². The second kappa shape index (κ2) is 3.10. The van der Waals surface area contributed by atoms with Crippen molar-refractivity contribution in [2.75, 3.05) is 0 Å². The summed E-state index contributed by atoms with van der Waals surface area (Å²) in [6.45, 7) is 2.07. The first-order valence-electron chi connectivity index (χ1n) is 4.57. The summed E-state index contributed by atoms with van der Waals surface area (Å²) in [6, 6.07) is 6.19. The molecule has 0 aliphatic heterocycles. The summed E-state index contributed by atoms with van der Waals surface area (Å²) in [4.78, 5) is 0. The van der Waals surface area contributed by atoms with E-state index < -0.39 is 5.60 Å². The molecule has 1 aliphatic carbocycles. The maximum absolute atomic E-state index is 9.78. The minimum atomic E-state index is -0.393. The van der Waals surface area contributed by atoms with Gasteiger partial charge >= 0.3 is 0 Å². The maximum Gasteiger partial charge on any atom is 0.0690 e. The molecule has 0 amide bonds. The molecular formula is C11H13BrO. The molecule has 2 rings (SSSR count). The highest BCUT2D eigenvalue weighted by atomic mass is 79.9. The van der Waals surface area contributed by atoms with E-state index in [4.69, 9.17) is 0 Å². The van der Waals surface area contributed by atoms with E-state index in [1.807, 2.05) is 6.07 Å². The molecule has 0 bridgehead atoms. The summed E-state index contributed by atoms with van der Waals surface area (Å²) in [5.41, 5.74) is 2.07. The first-order chi connectivity index (χ1) is 6.11. The van der Waals surface area contributed by atoms with Gasteiger partial charge in [0, 0.05) is 10.9 Å². The second-order valence-corrected chi connectivity index (χ2v) is 4.74. The van der Waals surface area contributed by atoms with E-state index in [1.165, 1.54) is 11.1 Å². The maximum atomic E-state index is 9.78. The standard InChI is InChI=1S/C11H13BrO/c1-8-3-2-4-9(10(8)12)7-11(13)5-6-11/h2-4,13H,5-7H2,1H3. The van der Waals surface area contributed by atoms with Crippen molar-refractivity contribution in [2.45, 2.75) is 31.8 Å². The van der Waals surface area contributed by atoms with Crippen LogP contribution in [0, 0.1) is 6.92 Å². The Kier molecular flexibility index (Phi) is 2.20. The lowest BCUT2D eigenvalue weighted by Gasteiger charge is -2.10. The van der Waals surface area contributed by atoms with Crippen LogP contribution in [0.3, 0.4) is 0 Å². The van der Waals surface area contributed by atoms with Gasteiger partial charge < -0.3 is 5.11 Å². The van der Waals surface area contributed by atoms with E-state index >= 15 is 0 Å². The van der Waals surface area contributed by atoms with Gasteiger partial charge in [-0.25, -0.2) is 0 Å². The zero-order valence-corrected chi connectivity index (χ0v) is 9.26. The lowest BCUT2D eigenvalue weighted by atomic mass is 10.0. The van der Waals surface area contributed by atoms with Gasteiger partial charge in [-0.1, -0.05) is 34.1 Å². The lowest BCUT2D eigenvalue weighted by Crippen LogP contribution is -2.11. The zero-order valence-electron chi connectivity index (χ0n) is 7.68. The number of halogens is 1. The minimum Gasteiger partial charge on any atom is -0.390 e. The Labute approximate surface area is 86.9 Å². The van der Waals surface area contributed by atoms with Crippen LogP contribution in [0.2, 0.25) is 0 Å². The van der Waals surface area contributed by atoms with Gasteiger partial charge in [0.25, 0.3) is 0 Å². The van der Waals surface area contributed by atoms with Crippen LogP contribution in [-0.4, -0.2) is 10.7 Å². The summed E-state index contributed by atoms with van der Waals surface area (Å²) in [5, 5.41) is 9.78. The van der Waals surface area contributed by atoms with Crippen LogP contribution in [0.4, 0.5) is 0 Å². The lowest BCUT2D eigenvalue weighted by molar-refractivity contribution is 0.151. The third-order valence-electron chi connectivity index (χ3n) is 2.62. The van der Waals surface area contributed by atoms with Crippen molar-refractivity contribution >= 4 is 15.9 Å².